The van der Waals surface area contributed by atoms with Gasteiger partial charge in [-0.25, -0.2) is 0 Å². The van der Waals surface area contributed by atoms with Gasteiger partial charge in [0.2, 0.25) is 0 Å². The fourth-order valence-corrected chi connectivity index (χ4v) is 5.38. The summed E-state index contributed by atoms with van der Waals surface area (Å²) in [6.45, 7) is 2.63. The zero-order valence-corrected chi connectivity index (χ0v) is 18.0. The average Bonchev–Trinajstić information content (AvgIpc) is 3.35. The van der Waals surface area contributed by atoms with Gasteiger partial charge in [-0.2, -0.15) is 0 Å². The molecule has 0 saturated carbocycles. The predicted octanol–water partition coefficient (Wildman–Crippen LogP) is 4.89. The van der Waals surface area contributed by atoms with Crippen LogP contribution < -0.4 is 10.1 Å². The topological polar surface area (TPSA) is 43.4 Å². The summed E-state index contributed by atoms with van der Waals surface area (Å²) in [6, 6.07) is 8.35. The van der Waals surface area contributed by atoms with Gasteiger partial charge in [0.25, 0.3) is 0 Å². The Morgan fingerprint density at radius 1 is 1.25 bits per heavy atom. The molecule has 2 aromatic heterocycles. The van der Waals surface area contributed by atoms with E-state index in [9.17, 15) is 0 Å². The van der Waals surface area contributed by atoms with E-state index >= 15 is 0 Å². The van der Waals surface area contributed by atoms with Crippen molar-refractivity contribution in [3.63, 3.8) is 0 Å². The Morgan fingerprint density at radius 3 is 2.86 bits per heavy atom. The minimum Gasteiger partial charge on any atom is -0.496 e. The van der Waals surface area contributed by atoms with Gasteiger partial charge in [0.05, 0.1) is 17.6 Å². The number of pyridine rings is 1. The van der Waals surface area contributed by atoms with Gasteiger partial charge in [0, 0.05) is 30.5 Å². The molecule has 152 valence electrons. The second kappa shape index (κ2) is 9.40. The number of halogens is 1. The molecule has 1 aliphatic carbocycles. The quantitative estimate of drug-likeness (QED) is 0.511. The molecule has 4 rings (SSSR count). The summed E-state index contributed by atoms with van der Waals surface area (Å²) in [5, 5.41) is 5.71. The van der Waals surface area contributed by atoms with Crippen LogP contribution in [0.3, 0.4) is 0 Å². The molecular weight excluding hydrogens is 392 g/mol. The van der Waals surface area contributed by atoms with Crippen molar-refractivity contribution >= 4 is 23.7 Å². The van der Waals surface area contributed by atoms with E-state index in [-0.39, 0.29) is 23.4 Å². The Balaban J connectivity index is 0.00000225. The van der Waals surface area contributed by atoms with Gasteiger partial charge >= 0.3 is 0 Å². The Labute approximate surface area is 177 Å². The van der Waals surface area contributed by atoms with Gasteiger partial charge in [-0.3, -0.25) is 4.98 Å². The second-order valence-corrected chi connectivity index (χ2v) is 8.67. The zero-order valence-electron chi connectivity index (χ0n) is 16.4. The number of rotatable bonds is 7. The largest absolute Gasteiger partial charge is 0.496 e. The number of aromatic nitrogens is 1. The molecule has 1 unspecified atom stereocenters. The van der Waals surface area contributed by atoms with Gasteiger partial charge < -0.3 is 14.8 Å². The molecule has 0 radical (unpaired) electrons. The molecule has 3 heterocycles. The van der Waals surface area contributed by atoms with Crippen LogP contribution in [0.25, 0.3) is 0 Å². The normalized spacial score (nSPS) is 22.9. The molecule has 28 heavy (non-hydrogen) atoms. The highest BCUT2D eigenvalue weighted by molar-refractivity contribution is 7.10. The minimum atomic E-state index is -0.0211. The summed E-state index contributed by atoms with van der Waals surface area (Å²) < 4.78 is 11.7. The highest BCUT2D eigenvalue weighted by Gasteiger charge is 2.47. The lowest BCUT2D eigenvalue weighted by atomic mass is 9.67. The third-order valence-electron chi connectivity index (χ3n) is 5.99. The van der Waals surface area contributed by atoms with Crippen LogP contribution in [-0.2, 0) is 16.7 Å². The smallest absolute Gasteiger partial charge is 0.134 e. The van der Waals surface area contributed by atoms with E-state index in [1.54, 1.807) is 18.4 Å². The van der Waals surface area contributed by atoms with E-state index in [1.807, 2.05) is 18.3 Å². The maximum absolute atomic E-state index is 6.27. The molecule has 1 saturated heterocycles. The summed E-state index contributed by atoms with van der Waals surface area (Å²) in [7, 11) is 1.73. The molecule has 4 nitrogen and oxygen atoms in total. The Hall–Kier alpha value is -1.40. The molecule has 0 bridgehead atoms. The molecular formula is C22H29ClN2O2S. The maximum atomic E-state index is 6.27. The standard InChI is InChI=1S/C22H28N2O2S.ClH/c1-25-18-7-15-27-19(18)16-23-13-10-21(20-6-2-5-12-24-20)11-14-26-22(17-21)8-3-4-9-22;/h2-7,12,15,23H,8-11,13-14,16-17H2,1H3;1H. The molecule has 1 spiro atoms. The first-order valence-corrected chi connectivity index (χ1v) is 10.6. The number of ether oxygens (including phenoxy) is 2. The van der Waals surface area contributed by atoms with Crippen molar-refractivity contribution in [2.24, 2.45) is 0 Å². The van der Waals surface area contributed by atoms with Gasteiger partial charge in [-0.1, -0.05) is 18.2 Å². The van der Waals surface area contributed by atoms with E-state index in [1.165, 1.54) is 10.6 Å². The molecule has 2 aliphatic rings. The Bertz CT molecular complexity index is 772. The summed E-state index contributed by atoms with van der Waals surface area (Å²) in [5.74, 6) is 0.981. The molecule has 0 aromatic carbocycles. The number of thiophene rings is 1. The van der Waals surface area contributed by atoms with E-state index in [0.717, 1.165) is 57.6 Å². The van der Waals surface area contributed by atoms with Gasteiger partial charge in [-0.05, 0) is 62.2 Å². The van der Waals surface area contributed by atoms with Crippen molar-refractivity contribution in [2.45, 2.75) is 49.7 Å². The van der Waals surface area contributed by atoms with Crippen molar-refractivity contribution in [1.29, 1.82) is 0 Å². The molecule has 1 N–H and O–H groups in total. The lowest BCUT2D eigenvalue weighted by molar-refractivity contribution is -0.100. The van der Waals surface area contributed by atoms with Gasteiger partial charge in [0.15, 0.2) is 0 Å². The lowest BCUT2D eigenvalue weighted by Gasteiger charge is -2.46. The first-order chi connectivity index (χ1) is 13.3. The summed E-state index contributed by atoms with van der Waals surface area (Å²) in [4.78, 5) is 6.02. The predicted molar refractivity (Wildman–Crippen MR) is 117 cm³/mol. The second-order valence-electron chi connectivity index (χ2n) is 7.67. The van der Waals surface area contributed by atoms with Crippen molar-refractivity contribution in [1.82, 2.24) is 10.3 Å². The zero-order chi connectivity index (χ0) is 18.6. The van der Waals surface area contributed by atoms with E-state index in [4.69, 9.17) is 14.5 Å². The molecule has 1 atom stereocenters. The third kappa shape index (κ3) is 4.43. The maximum Gasteiger partial charge on any atom is 0.134 e. The summed E-state index contributed by atoms with van der Waals surface area (Å²) in [6.07, 6.45) is 11.7. The van der Waals surface area contributed by atoms with Crippen LogP contribution in [0.2, 0.25) is 0 Å². The Morgan fingerprint density at radius 2 is 2.11 bits per heavy atom. The minimum absolute atomic E-state index is 0. The molecule has 0 amide bonds. The highest BCUT2D eigenvalue weighted by Crippen LogP contribution is 2.47. The molecule has 6 heteroatoms. The first-order valence-electron chi connectivity index (χ1n) is 9.77. The fraction of sp³-hybridized carbons (Fsp3) is 0.500. The van der Waals surface area contributed by atoms with Gasteiger partial charge in [-0.15, -0.1) is 23.7 Å². The van der Waals surface area contributed by atoms with Crippen molar-refractivity contribution in [3.8, 4) is 5.75 Å². The van der Waals surface area contributed by atoms with Gasteiger partial charge in [0.1, 0.15) is 5.75 Å². The average molecular weight is 421 g/mol. The molecule has 1 aliphatic heterocycles. The number of hydrogen-bond acceptors (Lipinski definition) is 5. The fourth-order valence-electron chi connectivity index (χ4n) is 4.57. The van der Waals surface area contributed by atoms with Crippen molar-refractivity contribution in [2.75, 3.05) is 20.3 Å². The number of nitrogens with zero attached hydrogens (tertiary/aromatic N) is 1. The SMILES string of the molecule is COc1ccsc1CNCCC1(c2ccccn2)CCOC2(CC=CC2)C1.Cl. The van der Waals surface area contributed by atoms with Crippen LogP contribution in [0.4, 0.5) is 0 Å². The number of methoxy groups -OCH3 is 1. The van der Waals surface area contributed by atoms with E-state index < -0.39 is 0 Å². The van der Waals surface area contributed by atoms with Crippen molar-refractivity contribution < 1.29 is 9.47 Å². The Kier molecular flexibility index (Phi) is 7.15. The van der Waals surface area contributed by atoms with Crippen LogP contribution in [0.1, 0.15) is 42.7 Å². The lowest BCUT2D eigenvalue weighted by Crippen LogP contribution is -2.47. The summed E-state index contributed by atoms with van der Waals surface area (Å²) in [5.41, 5.74) is 1.28. The van der Waals surface area contributed by atoms with Crippen molar-refractivity contribution in [3.05, 3.63) is 58.6 Å². The van der Waals surface area contributed by atoms with Crippen LogP contribution in [-0.4, -0.2) is 30.8 Å². The van der Waals surface area contributed by atoms with E-state index in [2.05, 4.69) is 35.0 Å². The molecule has 1 fully saturated rings. The van der Waals surface area contributed by atoms with Crippen LogP contribution in [0.5, 0.6) is 5.75 Å². The third-order valence-corrected chi connectivity index (χ3v) is 6.90. The first kappa shape index (κ1) is 21.3. The highest BCUT2D eigenvalue weighted by atomic mass is 35.5. The summed E-state index contributed by atoms with van der Waals surface area (Å²) >= 11 is 1.74. The number of nitrogens with one attached hydrogen (secondary N) is 1. The monoisotopic (exact) mass is 420 g/mol. The number of hydrogen-bond donors (Lipinski definition) is 1. The van der Waals surface area contributed by atoms with Crippen LogP contribution >= 0.6 is 23.7 Å². The molecule has 2 aromatic rings. The van der Waals surface area contributed by atoms with Crippen LogP contribution in [0.15, 0.2) is 48.0 Å². The van der Waals surface area contributed by atoms with Crippen LogP contribution in [0, 0.1) is 0 Å². The van der Waals surface area contributed by atoms with E-state index in [0.29, 0.717) is 0 Å².